The first kappa shape index (κ1) is 28.3. The van der Waals surface area contributed by atoms with E-state index < -0.39 is 31.1 Å². The van der Waals surface area contributed by atoms with Crippen molar-refractivity contribution in [2.45, 2.75) is 62.2 Å². The average Bonchev–Trinajstić information content (AvgIpc) is 2.73. The zero-order valence-corrected chi connectivity index (χ0v) is 23.9. The minimum atomic E-state index is -4.20. The van der Waals surface area contributed by atoms with E-state index in [0.29, 0.717) is 21.2 Å². The molecule has 0 aliphatic rings. The van der Waals surface area contributed by atoms with E-state index in [1.54, 1.807) is 0 Å². The Balaban J connectivity index is 2.17. The van der Waals surface area contributed by atoms with E-state index in [4.69, 9.17) is 31.6 Å². The second kappa shape index (κ2) is 9.89. The highest BCUT2D eigenvalue weighted by atomic mass is 35.5. The molecule has 6 nitrogen and oxygen atoms in total. The lowest BCUT2D eigenvalue weighted by Gasteiger charge is -2.28. The highest BCUT2D eigenvalue weighted by Crippen LogP contribution is 2.43. The maximum Gasteiger partial charge on any atom is 0.339 e. The van der Waals surface area contributed by atoms with Crippen molar-refractivity contribution in [1.29, 1.82) is 0 Å². The summed E-state index contributed by atoms with van der Waals surface area (Å²) in [6.07, 6.45) is 0. The molecule has 0 saturated carbocycles. The van der Waals surface area contributed by atoms with Crippen LogP contribution >= 0.6 is 23.2 Å². The van der Waals surface area contributed by atoms with E-state index >= 15 is 0 Å². The molecule has 0 aliphatic carbocycles. The maximum absolute atomic E-state index is 13.1. The van der Waals surface area contributed by atoms with Gasteiger partial charge in [-0.2, -0.15) is 16.8 Å². The van der Waals surface area contributed by atoms with Gasteiger partial charge in [0.25, 0.3) is 0 Å². The summed E-state index contributed by atoms with van der Waals surface area (Å²) in [5, 5.41) is 0.783. The molecule has 0 aromatic heterocycles. The summed E-state index contributed by atoms with van der Waals surface area (Å²) < 4.78 is 63.5. The van der Waals surface area contributed by atoms with Gasteiger partial charge in [0, 0.05) is 21.2 Å². The molecule has 194 valence electrons. The van der Waals surface area contributed by atoms with Gasteiger partial charge in [0.15, 0.2) is 0 Å². The summed E-state index contributed by atoms with van der Waals surface area (Å²) in [6.45, 7) is 11.2. The Kier molecular flexibility index (Phi) is 7.78. The van der Waals surface area contributed by atoms with E-state index in [1.165, 1.54) is 60.7 Å². The summed E-state index contributed by atoms with van der Waals surface area (Å²) in [4.78, 5) is -0.121. The Morgan fingerprint density at radius 2 is 0.833 bits per heavy atom. The van der Waals surface area contributed by atoms with Crippen LogP contribution < -0.4 is 8.37 Å². The Labute approximate surface area is 223 Å². The first-order valence-corrected chi connectivity index (χ1v) is 14.6. The highest BCUT2D eigenvalue weighted by Gasteiger charge is 2.31. The second-order valence-corrected chi connectivity index (χ2v) is 14.3. The number of benzene rings is 3. The zero-order chi connectivity index (χ0) is 27.1. The molecule has 0 N–H and O–H groups in total. The third-order valence-electron chi connectivity index (χ3n) is 5.30. The summed E-state index contributed by atoms with van der Waals surface area (Å²) in [5.74, 6) is 0.164. The summed E-state index contributed by atoms with van der Waals surface area (Å²) >= 11 is 11.8. The van der Waals surface area contributed by atoms with Crippen LogP contribution in [0.4, 0.5) is 0 Å². The third kappa shape index (κ3) is 6.54. The SMILES string of the molecule is CC(C)(C)c1cc(OS(=O)(=O)c2ccc(Cl)cc2)c(C(C)(C)C)cc1OS(=O)(=O)c1ccc(Cl)cc1. The van der Waals surface area contributed by atoms with Gasteiger partial charge in [-0.25, -0.2) is 0 Å². The van der Waals surface area contributed by atoms with Gasteiger partial charge in [0.05, 0.1) is 0 Å². The molecular formula is C26H28Cl2O6S2. The van der Waals surface area contributed by atoms with Crippen molar-refractivity contribution in [3.8, 4) is 11.5 Å². The monoisotopic (exact) mass is 570 g/mol. The predicted molar refractivity (Wildman–Crippen MR) is 142 cm³/mol. The standard InChI is InChI=1S/C26H28Cl2O6S2/c1-25(2,3)21-15-24(34-36(31,32)20-13-9-18(28)10-14-20)22(26(4,5)6)16-23(21)33-35(29,30)19-11-7-17(27)8-12-19/h7-16H,1-6H3. The molecule has 3 aromatic carbocycles. The topological polar surface area (TPSA) is 86.7 Å². The molecule has 3 rings (SSSR count). The van der Waals surface area contributed by atoms with Gasteiger partial charge in [-0.05, 0) is 71.5 Å². The fraction of sp³-hybridized carbons (Fsp3) is 0.308. The van der Waals surface area contributed by atoms with E-state index in [-0.39, 0.29) is 21.3 Å². The number of halogens is 2. The normalized spacial score (nSPS) is 12.9. The molecule has 0 fully saturated rings. The summed E-state index contributed by atoms with van der Waals surface area (Å²) in [6, 6.07) is 14.3. The number of rotatable bonds is 6. The number of hydrogen-bond donors (Lipinski definition) is 0. The van der Waals surface area contributed by atoms with Crippen LogP contribution in [0.2, 0.25) is 10.0 Å². The van der Waals surface area contributed by atoms with Gasteiger partial charge in [-0.15, -0.1) is 0 Å². The van der Waals surface area contributed by atoms with Gasteiger partial charge in [-0.1, -0.05) is 64.7 Å². The van der Waals surface area contributed by atoms with E-state index in [1.807, 2.05) is 41.5 Å². The van der Waals surface area contributed by atoms with E-state index in [2.05, 4.69) is 0 Å². The van der Waals surface area contributed by atoms with Crippen molar-refractivity contribution in [3.05, 3.63) is 81.8 Å². The van der Waals surface area contributed by atoms with Crippen LogP contribution in [0.1, 0.15) is 52.7 Å². The van der Waals surface area contributed by atoms with Crippen molar-refractivity contribution in [1.82, 2.24) is 0 Å². The lowest BCUT2D eigenvalue weighted by molar-refractivity contribution is 0.451. The molecule has 36 heavy (non-hydrogen) atoms. The van der Waals surface area contributed by atoms with Crippen LogP contribution in [-0.4, -0.2) is 16.8 Å². The molecular weight excluding hydrogens is 543 g/mol. The second-order valence-electron chi connectivity index (χ2n) is 10.3. The molecule has 10 heteroatoms. The van der Waals surface area contributed by atoms with Crippen LogP contribution in [0.5, 0.6) is 11.5 Å². The molecule has 0 amide bonds. The highest BCUT2D eigenvalue weighted by molar-refractivity contribution is 7.87. The molecule has 0 atom stereocenters. The van der Waals surface area contributed by atoms with Crippen LogP contribution in [0.15, 0.2) is 70.5 Å². The predicted octanol–water partition coefficient (Wildman–Crippen LogP) is 7.12. The molecule has 0 unspecified atom stereocenters. The Morgan fingerprint density at radius 3 is 1.08 bits per heavy atom. The first-order valence-electron chi connectivity index (χ1n) is 11.0. The van der Waals surface area contributed by atoms with Crippen LogP contribution in [0.3, 0.4) is 0 Å². The minimum absolute atomic E-state index is 0.0605. The van der Waals surface area contributed by atoms with Crippen molar-refractivity contribution in [3.63, 3.8) is 0 Å². The maximum atomic E-state index is 13.1. The van der Waals surface area contributed by atoms with Crippen molar-refractivity contribution in [2.75, 3.05) is 0 Å². The Hall–Kier alpha value is -2.26. The van der Waals surface area contributed by atoms with Gasteiger partial charge in [-0.3, -0.25) is 0 Å². The Bertz CT molecular complexity index is 1350. The summed E-state index contributed by atoms with van der Waals surface area (Å²) in [7, 11) is -8.40. The van der Waals surface area contributed by atoms with Crippen LogP contribution in [-0.2, 0) is 31.1 Å². The molecule has 0 radical (unpaired) electrons. The number of hydrogen-bond acceptors (Lipinski definition) is 6. The lowest BCUT2D eigenvalue weighted by atomic mass is 9.81. The largest absolute Gasteiger partial charge is 0.379 e. The first-order chi connectivity index (χ1) is 16.4. The lowest BCUT2D eigenvalue weighted by Crippen LogP contribution is -2.21. The zero-order valence-electron chi connectivity index (χ0n) is 20.8. The molecule has 3 aromatic rings. The van der Waals surface area contributed by atoms with Gasteiger partial charge in [0.2, 0.25) is 0 Å². The van der Waals surface area contributed by atoms with Crippen LogP contribution in [0.25, 0.3) is 0 Å². The van der Waals surface area contributed by atoms with Crippen molar-refractivity contribution < 1.29 is 25.2 Å². The molecule has 0 heterocycles. The molecule has 0 bridgehead atoms. The van der Waals surface area contributed by atoms with E-state index in [9.17, 15) is 16.8 Å². The third-order valence-corrected chi connectivity index (χ3v) is 8.30. The molecule has 0 aliphatic heterocycles. The van der Waals surface area contributed by atoms with Crippen LogP contribution in [0, 0.1) is 0 Å². The van der Waals surface area contributed by atoms with Crippen molar-refractivity contribution in [2.24, 2.45) is 0 Å². The average molecular weight is 572 g/mol. The Morgan fingerprint density at radius 1 is 0.556 bits per heavy atom. The minimum Gasteiger partial charge on any atom is -0.379 e. The van der Waals surface area contributed by atoms with Gasteiger partial charge in [0.1, 0.15) is 21.3 Å². The smallest absolute Gasteiger partial charge is 0.339 e. The van der Waals surface area contributed by atoms with Gasteiger partial charge >= 0.3 is 20.2 Å². The molecule has 0 spiro atoms. The van der Waals surface area contributed by atoms with Crippen molar-refractivity contribution >= 4 is 43.4 Å². The molecule has 0 saturated heterocycles. The summed E-state index contributed by atoms with van der Waals surface area (Å²) in [5.41, 5.74) is -0.337. The van der Waals surface area contributed by atoms with E-state index in [0.717, 1.165) is 0 Å². The quantitative estimate of drug-likeness (QED) is 0.293. The fourth-order valence-electron chi connectivity index (χ4n) is 3.41. The van der Waals surface area contributed by atoms with Gasteiger partial charge < -0.3 is 8.37 Å². The fourth-order valence-corrected chi connectivity index (χ4v) is 5.54.